The molecule has 0 spiro atoms. The number of rotatable bonds is 3. The molecule has 0 radical (unpaired) electrons. The van der Waals surface area contributed by atoms with Gasteiger partial charge in [0.1, 0.15) is 0 Å². The van der Waals surface area contributed by atoms with Gasteiger partial charge in [-0.05, 0) is 37.0 Å². The molecule has 6 heteroatoms. The molecule has 1 aliphatic heterocycles. The summed E-state index contributed by atoms with van der Waals surface area (Å²) >= 11 is 6.06. The summed E-state index contributed by atoms with van der Waals surface area (Å²) in [6.07, 6.45) is 5.10. The first kappa shape index (κ1) is 17.4. The van der Waals surface area contributed by atoms with E-state index in [1.165, 1.54) is 12.4 Å². The van der Waals surface area contributed by atoms with Gasteiger partial charge < -0.3 is 10.2 Å². The van der Waals surface area contributed by atoms with Gasteiger partial charge in [0, 0.05) is 25.5 Å². The predicted octanol–water partition coefficient (Wildman–Crippen LogP) is 3.86. The van der Waals surface area contributed by atoms with Gasteiger partial charge >= 0.3 is 0 Å². The van der Waals surface area contributed by atoms with Crippen molar-refractivity contribution < 1.29 is 9.59 Å². The molecule has 5 nitrogen and oxygen atoms in total. The van der Waals surface area contributed by atoms with E-state index < -0.39 is 0 Å². The smallest absolute Gasteiger partial charge is 0.257 e. The Morgan fingerprint density at radius 2 is 2.00 bits per heavy atom. The molecule has 0 saturated carbocycles. The van der Waals surface area contributed by atoms with Gasteiger partial charge in [0.2, 0.25) is 0 Å². The van der Waals surface area contributed by atoms with Crippen molar-refractivity contribution in [3.8, 4) is 0 Å². The summed E-state index contributed by atoms with van der Waals surface area (Å²) in [7, 11) is 0. The minimum Gasteiger partial charge on any atom is -0.338 e. The largest absolute Gasteiger partial charge is 0.338 e. The Morgan fingerprint density at radius 3 is 2.76 bits per heavy atom. The Labute approximate surface area is 152 Å². The first-order valence-corrected chi connectivity index (χ1v) is 8.72. The average Bonchev–Trinajstić information content (AvgIpc) is 2.63. The van der Waals surface area contributed by atoms with E-state index in [2.05, 4.69) is 17.2 Å². The highest BCUT2D eigenvalue weighted by Crippen LogP contribution is 2.22. The Bertz CT molecular complexity index is 794. The zero-order chi connectivity index (χ0) is 17.8. The summed E-state index contributed by atoms with van der Waals surface area (Å²) in [5.74, 6) is 0.0751. The van der Waals surface area contributed by atoms with Crippen molar-refractivity contribution in [2.45, 2.75) is 19.8 Å². The van der Waals surface area contributed by atoms with Crippen LogP contribution >= 0.6 is 11.6 Å². The van der Waals surface area contributed by atoms with Crippen LogP contribution in [0.5, 0.6) is 0 Å². The number of hydrogen-bond donors (Lipinski definition) is 1. The van der Waals surface area contributed by atoms with Crippen LogP contribution in [0.15, 0.2) is 42.7 Å². The maximum absolute atomic E-state index is 12.7. The zero-order valence-electron chi connectivity index (χ0n) is 14.0. The highest BCUT2D eigenvalue weighted by atomic mass is 35.5. The minimum absolute atomic E-state index is 0.0774. The monoisotopic (exact) mass is 357 g/mol. The zero-order valence-corrected chi connectivity index (χ0v) is 14.8. The molecule has 1 aromatic heterocycles. The molecule has 1 atom stereocenters. The molecule has 3 rings (SSSR count). The highest BCUT2D eigenvalue weighted by molar-refractivity contribution is 6.33. The molecule has 1 aromatic carbocycles. The second-order valence-corrected chi connectivity index (χ2v) is 6.80. The number of aromatic nitrogens is 1. The third kappa shape index (κ3) is 4.17. The van der Waals surface area contributed by atoms with E-state index in [1.807, 2.05) is 4.90 Å². The standard InChI is InChI=1S/C19H20ClN3O2/c1-13-5-4-8-23(12-13)19(25)15-9-14(10-21-11-15)18(24)22-17-7-3-2-6-16(17)20/h2-3,6-7,9-11,13H,4-5,8,12H2,1H3,(H,22,24). The van der Waals surface area contributed by atoms with Crippen LogP contribution in [-0.4, -0.2) is 34.8 Å². The van der Waals surface area contributed by atoms with Crippen molar-refractivity contribution in [2.75, 3.05) is 18.4 Å². The number of hydrogen-bond acceptors (Lipinski definition) is 3. The molecule has 1 unspecified atom stereocenters. The van der Waals surface area contributed by atoms with Crippen LogP contribution in [-0.2, 0) is 0 Å². The number of nitrogens with one attached hydrogen (secondary N) is 1. The van der Waals surface area contributed by atoms with Crippen LogP contribution in [0.3, 0.4) is 0 Å². The molecule has 130 valence electrons. The number of amides is 2. The first-order valence-electron chi connectivity index (χ1n) is 8.35. The first-order chi connectivity index (χ1) is 12.0. The molecule has 1 aliphatic rings. The van der Waals surface area contributed by atoms with Crippen LogP contribution in [0.4, 0.5) is 5.69 Å². The fraction of sp³-hybridized carbons (Fsp3) is 0.316. The summed E-state index contributed by atoms with van der Waals surface area (Å²) in [6.45, 7) is 3.64. The van der Waals surface area contributed by atoms with Crippen LogP contribution in [0.2, 0.25) is 5.02 Å². The van der Waals surface area contributed by atoms with Gasteiger partial charge in [0.25, 0.3) is 11.8 Å². The van der Waals surface area contributed by atoms with Gasteiger partial charge in [0.05, 0.1) is 21.8 Å². The number of carbonyl (C=O) groups is 2. The van der Waals surface area contributed by atoms with E-state index in [4.69, 9.17) is 11.6 Å². The summed E-state index contributed by atoms with van der Waals surface area (Å²) in [6, 6.07) is 8.58. The fourth-order valence-electron chi connectivity index (χ4n) is 2.99. The predicted molar refractivity (Wildman–Crippen MR) is 97.9 cm³/mol. The molecule has 1 saturated heterocycles. The van der Waals surface area contributed by atoms with Crippen molar-refractivity contribution >= 4 is 29.1 Å². The van der Waals surface area contributed by atoms with Crippen LogP contribution in [0, 0.1) is 5.92 Å². The Kier molecular flexibility index (Phi) is 5.34. The second-order valence-electron chi connectivity index (χ2n) is 6.39. The van der Waals surface area contributed by atoms with Crippen molar-refractivity contribution in [2.24, 2.45) is 5.92 Å². The lowest BCUT2D eigenvalue weighted by molar-refractivity contribution is 0.0682. The van der Waals surface area contributed by atoms with Crippen molar-refractivity contribution in [3.63, 3.8) is 0 Å². The van der Waals surface area contributed by atoms with Crippen LogP contribution in [0.25, 0.3) is 0 Å². The topological polar surface area (TPSA) is 62.3 Å². The van der Waals surface area contributed by atoms with Gasteiger partial charge in [0.15, 0.2) is 0 Å². The Morgan fingerprint density at radius 1 is 1.24 bits per heavy atom. The number of piperidine rings is 1. The SMILES string of the molecule is CC1CCCN(C(=O)c2cncc(C(=O)Nc3ccccc3Cl)c2)C1. The van der Waals surface area contributed by atoms with Crippen LogP contribution in [0.1, 0.15) is 40.5 Å². The number of benzene rings is 1. The van der Waals surface area contributed by atoms with Crippen molar-refractivity contribution in [1.82, 2.24) is 9.88 Å². The third-order valence-corrected chi connectivity index (χ3v) is 4.64. The number of para-hydroxylation sites is 1. The number of pyridine rings is 1. The van der Waals surface area contributed by atoms with E-state index in [0.717, 1.165) is 25.9 Å². The van der Waals surface area contributed by atoms with Crippen molar-refractivity contribution in [1.29, 1.82) is 0 Å². The summed E-state index contributed by atoms with van der Waals surface area (Å²) in [4.78, 5) is 31.0. The summed E-state index contributed by atoms with van der Waals surface area (Å²) in [5.41, 5.74) is 1.28. The summed E-state index contributed by atoms with van der Waals surface area (Å²) < 4.78 is 0. The molecule has 1 fully saturated rings. The molecule has 2 heterocycles. The average molecular weight is 358 g/mol. The molecule has 0 bridgehead atoms. The Balaban J connectivity index is 1.75. The van der Waals surface area contributed by atoms with Gasteiger partial charge in [-0.1, -0.05) is 30.7 Å². The molecular weight excluding hydrogens is 338 g/mol. The molecule has 2 amide bonds. The van der Waals surface area contributed by atoms with E-state index in [9.17, 15) is 9.59 Å². The number of anilines is 1. The molecule has 25 heavy (non-hydrogen) atoms. The van der Waals surface area contributed by atoms with E-state index in [0.29, 0.717) is 27.8 Å². The summed E-state index contributed by atoms with van der Waals surface area (Å²) in [5, 5.41) is 3.20. The maximum Gasteiger partial charge on any atom is 0.257 e. The maximum atomic E-state index is 12.7. The van der Waals surface area contributed by atoms with Crippen molar-refractivity contribution in [3.05, 3.63) is 58.9 Å². The quantitative estimate of drug-likeness (QED) is 0.907. The normalized spacial score (nSPS) is 17.2. The lowest BCUT2D eigenvalue weighted by Gasteiger charge is -2.30. The van der Waals surface area contributed by atoms with E-state index in [-0.39, 0.29) is 11.8 Å². The molecular formula is C19H20ClN3O2. The third-order valence-electron chi connectivity index (χ3n) is 4.31. The number of carbonyl (C=O) groups excluding carboxylic acids is 2. The number of likely N-dealkylation sites (tertiary alicyclic amines) is 1. The van der Waals surface area contributed by atoms with Gasteiger partial charge in [-0.25, -0.2) is 0 Å². The second kappa shape index (κ2) is 7.66. The highest BCUT2D eigenvalue weighted by Gasteiger charge is 2.23. The molecule has 1 N–H and O–H groups in total. The lowest BCUT2D eigenvalue weighted by atomic mass is 9.99. The van der Waals surface area contributed by atoms with E-state index >= 15 is 0 Å². The van der Waals surface area contributed by atoms with Crippen LogP contribution < -0.4 is 5.32 Å². The van der Waals surface area contributed by atoms with Gasteiger partial charge in [-0.3, -0.25) is 14.6 Å². The lowest BCUT2D eigenvalue weighted by Crippen LogP contribution is -2.39. The molecule has 2 aromatic rings. The van der Waals surface area contributed by atoms with Gasteiger partial charge in [-0.15, -0.1) is 0 Å². The number of halogens is 1. The Hall–Kier alpha value is -2.40. The molecule has 0 aliphatic carbocycles. The number of nitrogens with zero attached hydrogens (tertiary/aromatic N) is 2. The van der Waals surface area contributed by atoms with E-state index in [1.54, 1.807) is 30.3 Å². The van der Waals surface area contributed by atoms with Gasteiger partial charge in [-0.2, -0.15) is 0 Å². The minimum atomic E-state index is -0.345. The fourth-order valence-corrected chi connectivity index (χ4v) is 3.18.